The quantitative estimate of drug-likeness (QED) is 0.562. The number of halogens is 2. The van der Waals surface area contributed by atoms with Gasteiger partial charge in [-0.05, 0) is 53.6 Å². The summed E-state index contributed by atoms with van der Waals surface area (Å²) in [5, 5.41) is 13.5. The fourth-order valence-electron chi connectivity index (χ4n) is 2.05. The van der Waals surface area contributed by atoms with Crippen LogP contribution in [-0.2, 0) is 4.74 Å². The van der Waals surface area contributed by atoms with Crippen LogP contribution >= 0.6 is 38.5 Å². The number of carbonyl (C=O) groups excluding carboxylic acids is 1. The zero-order valence-electron chi connectivity index (χ0n) is 10.3. The van der Waals surface area contributed by atoms with Crippen LogP contribution in [0.4, 0.5) is 0 Å². The van der Waals surface area contributed by atoms with E-state index in [0.29, 0.717) is 24.1 Å². The van der Waals surface area contributed by atoms with Gasteiger partial charge in [0.05, 0.1) is 11.1 Å². The van der Waals surface area contributed by atoms with Crippen LogP contribution in [0.3, 0.4) is 0 Å². The lowest BCUT2D eigenvalue weighted by Crippen LogP contribution is -2.53. The Kier molecular flexibility index (Phi) is 5.08. The van der Waals surface area contributed by atoms with Crippen molar-refractivity contribution in [3.05, 3.63) is 27.3 Å². The molecule has 0 aliphatic carbocycles. The number of alkyl halides is 1. The fourth-order valence-corrected chi connectivity index (χ4v) is 3.24. The van der Waals surface area contributed by atoms with Crippen molar-refractivity contribution < 1.29 is 14.6 Å². The van der Waals surface area contributed by atoms with Crippen molar-refractivity contribution in [1.29, 1.82) is 0 Å². The van der Waals surface area contributed by atoms with E-state index in [1.165, 1.54) is 0 Å². The number of benzene rings is 1. The molecule has 19 heavy (non-hydrogen) atoms. The number of hydrogen-bond donors (Lipinski definition) is 2. The van der Waals surface area contributed by atoms with Crippen LogP contribution in [0.15, 0.2) is 18.2 Å². The van der Waals surface area contributed by atoms with E-state index in [0.717, 1.165) is 16.4 Å². The molecule has 0 radical (unpaired) electrons. The van der Waals surface area contributed by atoms with Gasteiger partial charge in [0, 0.05) is 22.1 Å². The van der Waals surface area contributed by atoms with Crippen molar-refractivity contribution in [3.8, 4) is 5.75 Å². The number of ether oxygens (including phenoxy) is 1. The normalized spacial score (nSPS) is 18.0. The van der Waals surface area contributed by atoms with Gasteiger partial charge in [-0.25, -0.2) is 0 Å². The van der Waals surface area contributed by atoms with E-state index in [9.17, 15) is 9.90 Å². The molecule has 1 fully saturated rings. The van der Waals surface area contributed by atoms with Crippen molar-refractivity contribution in [3.63, 3.8) is 0 Å². The molecule has 1 amide bonds. The largest absolute Gasteiger partial charge is 0.507 e. The maximum atomic E-state index is 12.3. The summed E-state index contributed by atoms with van der Waals surface area (Å²) in [6.07, 6.45) is 1.54. The lowest BCUT2D eigenvalue weighted by molar-refractivity contribution is 0.0441. The van der Waals surface area contributed by atoms with Crippen molar-refractivity contribution >= 4 is 44.4 Å². The summed E-state index contributed by atoms with van der Waals surface area (Å²) in [6.45, 7) is 1.29. The maximum Gasteiger partial charge on any atom is 0.255 e. The molecule has 1 heterocycles. The highest BCUT2D eigenvalue weighted by atomic mass is 127. The minimum Gasteiger partial charge on any atom is -0.507 e. The van der Waals surface area contributed by atoms with E-state index in [-0.39, 0.29) is 17.2 Å². The molecule has 1 aliphatic heterocycles. The number of aromatic hydroxyl groups is 1. The van der Waals surface area contributed by atoms with Gasteiger partial charge in [-0.15, -0.1) is 0 Å². The molecule has 1 saturated heterocycles. The van der Waals surface area contributed by atoms with Gasteiger partial charge in [0.25, 0.3) is 5.91 Å². The number of phenols is 1. The van der Waals surface area contributed by atoms with Gasteiger partial charge in [0.15, 0.2) is 0 Å². The summed E-state index contributed by atoms with van der Waals surface area (Å²) in [5.74, 6) is -0.230. The summed E-state index contributed by atoms with van der Waals surface area (Å²) >= 11 is 5.59. The van der Waals surface area contributed by atoms with Gasteiger partial charge < -0.3 is 15.2 Å². The van der Waals surface area contributed by atoms with Crippen molar-refractivity contribution in [2.75, 3.05) is 18.5 Å². The second-order valence-electron chi connectivity index (χ2n) is 4.64. The molecule has 2 N–H and O–H groups in total. The highest BCUT2D eigenvalue weighted by Gasteiger charge is 2.33. The first-order valence-electron chi connectivity index (χ1n) is 6.01. The monoisotopic (exact) mass is 439 g/mol. The lowest BCUT2D eigenvalue weighted by Gasteiger charge is -2.36. The summed E-state index contributed by atoms with van der Waals surface area (Å²) in [4.78, 5) is 12.3. The van der Waals surface area contributed by atoms with Crippen LogP contribution < -0.4 is 5.32 Å². The molecule has 1 aromatic rings. The minimum atomic E-state index is -0.289. The molecule has 0 bridgehead atoms. The summed E-state index contributed by atoms with van der Waals surface area (Å²) < 4.78 is 6.25. The molecule has 2 rings (SSSR count). The molecular weight excluding hydrogens is 425 g/mol. The predicted octanol–water partition coefficient (Wildman–Crippen LogP) is 2.67. The Balaban J connectivity index is 2.17. The average molecular weight is 440 g/mol. The summed E-state index contributed by atoms with van der Waals surface area (Å²) in [7, 11) is 0. The molecule has 1 aromatic carbocycles. The van der Waals surface area contributed by atoms with Crippen LogP contribution in [0.1, 0.15) is 23.2 Å². The Morgan fingerprint density at radius 1 is 1.47 bits per heavy atom. The van der Waals surface area contributed by atoms with Crippen LogP contribution in [0, 0.1) is 3.57 Å². The number of rotatable bonds is 3. The summed E-state index contributed by atoms with van der Waals surface area (Å²) in [5.41, 5.74) is 0.0296. The van der Waals surface area contributed by atoms with E-state index in [4.69, 9.17) is 4.74 Å². The number of carbonyl (C=O) groups is 1. The van der Waals surface area contributed by atoms with Crippen LogP contribution in [0.25, 0.3) is 0 Å². The smallest absolute Gasteiger partial charge is 0.255 e. The van der Waals surface area contributed by atoms with Crippen molar-refractivity contribution in [2.24, 2.45) is 0 Å². The standard InChI is InChI=1S/C13H15BrINO3/c14-8-13(3-5-19-6-4-13)16-12(18)10-7-9(15)1-2-11(10)17/h1-2,7,17H,3-6,8H2,(H,16,18). The Morgan fingerprint density at radius 3 is 2.79 bits per heavy atom. The van der Waals surface area contributed by atoms with Gasteiger partial charge in [-0.1, -0.05) is 15.9 Å². The van der Waals surface area contributed by atoms with Gasteiger partial charge >= 0.3 is 0 Å². The van der Waals surface area contributed by atoms with Crippen molar-refractivity contribution in [1.82, 2.24) is 5.32 Å². The first-order valence-corrected chi connectivity index (χ1v) is 8.21. The van der Waals surface area contributed by atoms with Gasteiger partial charge in [0.2, 0.25) is 0 Å². The molecule has 0 saturated carbocycles. The Hall–Kier alpha value is -0.340. The highest BCUT2D eigenvalue weighted by molar-refractivity contribution is 14.1. The van der Waals surface area contributed by atoms with E-state index in [2.05, 4.69) is 43.8 Å². The molecule has 1 aliphatic rings. The second kappa shape index (κ2) is 6.41. The molecule has 104 valence electrons. The first-order chi connectivity index (χ1) is 9.06. The SMILES string of the molecule is O=C(NC1(CBr)CCOCC1)c1cc(I)ccc1O. The van der Waals surface area contributed by atoms with E-state index >= 15 is 0 Å². The second-order valence-corrected chi connectivity index (χ2v) is 6.45. The third-order valence-corrected chi connectivity index (χ3v) is 5.03. The van der Waals surface area contributed by atoms with Gasteiger partial charge in [0.1, 0.15) is 5.75 Å². The number of hydrogen-bond acceptors (Lipinski definition) is 3. The molecule has 0 aromatic heterocycles. The predicted molar refractivity (Wildman–Crippen MR) is 84.9 cm³/mol. The van der Waals surface area contributed by atoms with Crippen LogP contribution in [0.2, 0.25) is 0 Å². The summed E-state index contributed by atoms with van der Waals surface area (Å²) in [6, 6.07) is 5.00. The number of phenolic OH excluding ortho intramolecular Hbond substituents is 1. The van der Waals surface area contributed by atoms with Gasteiger partial charge in [-0.3, -0.25) is 4.79 Å². The fraction of sp³-hybridized carbons (Fsp3) is 0.462. The Morgan fingerprint density at radius 2 is 2.16 bits per heavy atom. The zero-order valence-corrected chi connectivity index (χ0v) is 14.0. The number of nitrogens with one attached hydrogen (secondary N) is 1. The van der Waals surface area contributed by atoms with E-state index in [1.807, 2.05) is 0 Å². The third-order valence-electron chi connectivity index (χ3n) is 3.29. The number of amides is 1. The Labute approximate surface area is 134 Å². The topological polar surface area (TPSA) is 58.6 Å². The lowest BCUT2D eigenvalue weighted by atomic mass is 9.92. The maximum absolute atomic E-state index is 12.3. The molecule has 6 heteroatoms. The average Bonchev–Trinajstić information content (AvgIpc) is 2.42. The van der Waals surface area contributed by atoms with Gasteiger partial charge in [-0.2, -0.15) is 0 Å². The van der Waals surface area contributed by atoms with Crippen LogP contribution in [0.5, 0.6) is 5.75 Å². The Bertz CT molecular complexity index is 475. The molecular formula is C13H15BrINO3. The molecule has 0 spiro atoms. The van der Waals surface area contributed by atoms with Crippen LogP contribution in [-0.4, -0.2) is 35.1 Å². The third kappa shape index (κ3) is 3.61. The minimum absolute atomic E-state index is 0.00898. The molecule has 0 unspecified atom stereocenters. The molecule has 4 nitrogen and oxygen atoms in total. The van der Waals surface area contributed by atoms with E-state index in [1.54, 1.807) is 18.2 Å². The van der Waals surface area contributed by atoms with E-state index < -0.39 is 0 Å². The van der Waals surface area contributed by atoms with Crippen molar-refractivity contribution in [2.45, 2.75) is 18.4 Å². The first kappa shape index (κ1) is 15.1. The molecule has 0 atom stereocenters. The highest BCUT2D eigenvalue weighted by Crippen LogP contribution is 2.25. The zero-order chi connectivity index (χ0) is 13.9.